The molecule has 3 aromatic rings. The number of carbonyl (C=O) groups excluding carboxylic acids is 1. The summed E-state index contributed by atoms with van der Waals surface area (Å²) in [7, 11) is 0. The number of hydrogen-bond acceptors (Lipinski definition) is 4. The van der Waals surface area contributed by atoms with Crippen LogP contribution in [0.25, 0.3) is 11.1 Å². The molecule has 0 aliphatic rings. The number of oxazole rings is 1. The van der Waals surface area contributed by atoms with Crippen molar-refractivity contribution in [1.82, 2.24) is 4.98 Å². The Hall–Kier alpha value is -2.82. The van der Waals surface area contributed by atoms with Crippen LogP contribution in [0.5, 0.6) is 5.75 Å². The van der Waals surface area contributed by atoms with Crippen LogP contribution in [-0.4, -0.2) is 17.5 Å². The van der Waals surface area contributed by atoms with Crippen molar-refractivity contribution >= 4 is 22.7 Å². The number of benzene rings is 2. The second kappa shape index (κ2) is 6.52. The second-order valence-corrected chi connectivity index (χ2v) is 5.22. The maximum atomic E-state index is 12.1. The second-order valence-electron chi connectivity index (χ2n) is 5.22. The van der Waals surface area contributed by atoms with E-state index in [4.69, 9.17) is 9.15 Å². The van der Waals surface area contributed by atoms with Crippen molar-refractivity contribution in [3.63, 3.8) is 0 Å². The van der Waals surface area contributed by atoms with E-state index in [2.05, 4.69) is 10.3 Å². The zero-order valence-corrected chi connectivity index (χ0v) is 13.1. The van der Waals surface area contributed by atoms with Crippen LogP contribution in [0.1, 0.15) is 18.4 Å². The first-order chi connectivity index (χ1) is 11.1. The molecule has 3 rings (SSSR count). The van der Waals surface area contributed by atoms with Gasteiger partial charge in [0, 0.05) is 12.6 Å². The number of nitrogens with one attached hydrogen (secondary N) is 1. The van der Waals surface area contributed by atoms with Crippen molar-refractivity contribution in [2.45, 2.75) is 20.3 Å². The number of hydrogen-bond donors (Lipinski definition) is 1. The minimum absolute atomic E-state index is 0.0753. The molecule has 0 radical (unpaired) electrons. The van der Waals surface area contributed by atoms with E-state index in [0.717, 1.165) is 16.8 Å². The van der Waals surface area contributed by atoms with Crippen LogP contribution in [0.2, 0.25) is 0 Å². The SMILES string of the molecule is CCOc1ccc(CC(=O)Nc2ccc3oc(C)nc3c2)cc1. The van der Waals surface area contributed by atoms with E-state index >= 15 is 0 Å². The fourth-order valence-electron chi connectivity index (χ4n) is 2.38. The van der Waals surface area contributed by atoms with E-state index in [9.17, 15) is 4.79 Å². The highest BCUT2D eigenvalue weighted by Crippen LogP contribution is 2.20. The molecule has 23 heavy (non-hydrogen) atoms. The monoisotopic (exact) mass is 310 g/mol. The normalized spacial score (nSPS) is 10.7. The minimum Gasteiger partial charge on any atom is -0.494 e. The van der Waals surface area contributed by atoms with Gasteiger partial charge in [0.15, 0.2) is 11.5 Å². The third-order valence-electron chi connectivity index (χ3n) is 3.38. The predicted octanol–water partition coefficient (Wildman–Crippen LogP) is 3.72. The molecule has 0 aliphatic heterocycles. The summed E-state index contributed by atoms with van der Waals surface area (Å²) in [6, 6.07) is 13.0. The molecule has 1 aromatic heterocycles. The highest BCUT2D eigenvalue weighted by Gasteiger charge is 2.07. The van der Waals surface area contributed by atoms with E-state index in [0.29, 0.717) is 30.2 Å². The van der Waals surface area contributed by atoms with Crippen molar-refractivity contribution in [3.05, 3.63) is 53.9 Å². The lowest BCUT2D eigenvalue weighted by Gasteiger charge is -2.06. The van der Waals surface area contributed by atoms with Crippen LogP contribution in [-0.2, 0) is 11.2 Å². The Morgan fingerprint density at radius 2 is 2.00 bits per heavy atom. The van der Waals surface area contributed by atoms with Crippen LogP contribution in [0.15, 0.2) is 46.9 Å². The summed E-state index contributed by atoms with van der Waals surface area (Å²) in [6.07, 6.45) is 0.308. The van der Waals surface area contributed by atoms with Crippen LogP contribution < -0.4 is 10.1 Å². The molecule has 2 aromatic carbocycles. The van der Waals surface area contributed by atoms with Gasteiger partial charge in [-0.3, -0.25) is 4.79 Å². The number of rotatable bonds is 5. The average molecular weight is 310 g/mol. The first kappa shape index (κ1) is 15.1. The molecule has 1 amide bonds. The number of anilines is 1. The molecule has 0 aliphatic carbocycles. The van der Waals surface area contributed by atoms with Crippen molar-refractivity contribution < 1.29 is 13.9 Å². The van der Waals surface area contributed by atoms with Gasteiger partial charge in [-0.05, 0) is 42.8 Å². The van der Waals surface area contributed by atoms with E-state index in [-0.39, 0.29) is 5.91 Å². The molecule has 1 heterocycles. The number of fused-ring (bicyclic) bond motifs is 1. The van der Waals surface area contributed by atoms with Gasteiger partial charge in [-0.25, -0.2) is 4.98 Å². The summed E-state index contributed by atoms with van der Waals surface area (Å²) in [5.41, 5.74) is 3.10. The van der Waals surface area contributed by atoms with Crippen molar-refractivity contribution in [2.75, 3.05) is 11.9 Å². The zero-order valence-electron chi connectivity index (χ0n) is 13.1. The molecule has 0 unspecified atom stereocenters. The van der Waals surface area contributed by atoms with Gasteiger partial charge in [0.1, 0.15) is 11.3 Å². The molecule has 5 nitrogen and oxygen atoms in total. The Morgan fingerprint density at radius 1 is 1.22 bits per heavy atom. The summed E-state index contributed by atoms with van der Waals surface area (Å²) in [6.45, 7) is 4.36. The molecule has 0 saturated carbocycles. The lowest BCUT2D eigenvalue weighted by atomic mass is 10.1. The molecule has 0 atom stereocenters. The Morgan fingerprint density at radius 3 is 2.74 bits per heavy atom. The molecule has 5 heteroatoms. The third kappa shape index (κ3) is 3.69. The summed E-state index contributed by atoms with van der Waals surface area (Å²) in [5, 5.41) is 2.88. The quantitative estimate of drug-likeness (QED) is 0.780. The van der Waals surface area contributed by atoms with Crippen LogP contribution in [0, 0.1) is 6.92 Å². The number of aryl methyl sites for hydroxylation is 1. The van der Waals surface area contributed by atoms with Crippen molar-refractivity contribution in [3.8, 4) is 5.75 Å². The van der Waals surface area contributed by atoms with Gasteiger partial charge in [0.25, 0.3) is 0 Å². The summed E-state index contributed by atoms with van der Waals surface area (Å²) < 4.78 is 10.8. The van der Waals surface area contributed by atoms with E-state index in [1.165, 1.54) is 0 Å². The van der Waals surface area contributed by atoms with Gasteiger partial charge in [0.05, 0.1) is 13.0 Å². The van der Waals surface area contributed by atoms with Crippen molar-refractivity contribution in [2.24, 2.45) is 0 Å². The van der Waals surface area contributed by atoms with Gasteiger partial charge < -0.3 is 14.5 Å². The summed E-state index contributed by atoms with van der Waals surface area (Å²) >= 11 is 0. The Balaban J connectivity index is 1.65. The van der Waals surface area contributed by atoms with Crippen LogP contribution in [0.3, 0.4) is 0 Å². The molecule has 0 fully saturated rings. The Labute approximate surface area is 134 Å². The highest BCUT2D eigenvalue weighted by molar-refractivity contribution is 5.94. The maximum absolute atomic E-state index is 12.1. The fraction of sp³-hybridized carbons (Fsp3) is 0.222. The molecule has 0 bridgehead atoms. The molecule has 1 N–H and O–H groups in total. The smallest absolute Gasteiger partial charge is 0.228 e. The van der Waals surface area contributed by atoms with Gasteiger partial charge in [-0.2, -0.15) is 0 Å². The lowest BCUT2D eigenvalue weighted by Crippen LogP contribution is -2.14. The van der Waals surface area contributed by atoms with E-state index in [1.807, 2.05) is 49.4 Å². The maximum Gasteiger partial charge on any atom is 0.228 e. The van der Waals surface area contributed by atoms with Crippen molar-refractivity contribution in [1.29, 1.82) is 0 Å². The predicted molar refractivity (Wildman–Crippen MR) is 88.7 cm³/mol. The Kier molecular flexibility index (Phi) is 4.28. The van der Waals surface area contributed by atoms with E-state index < -0.39 is 0 Å². The molecule has 118 valence electrons. The molecular weight excluding hydrogens is 292 g/mol. The van der Waals surface area contributed by atoms with Gasteiger partial charge >= 0.3 is 0 Å². The zero-order chi connectivity index (χ0) is 16.2. The highest BCUT2D eigenvalue weighted by atomic mass is 16.5. The number of amides is 1. The number of carbonyl (C=O) groups is 1. The van der Waals surface area contributed by atoms with Gasteiger partial charge in [0.2, 0.25) is 5.91 Å². The van der Waals surface area contributed by atoms with Crippen LogP contribution >= 0.6 is 0 Å². The lowest BCUT2D eigenvalue weighted by molar-refractivity contribution is -0.115. The fourth-order valence-corrected chi connectivity index (χ4v) is 2.38. The molecule has 0 saturated heterocycles. The molecule has 0 spiro atoms. The standard InChI is InChI=1S/C18H18N2O3/c1-3-22-15-7-4-13(5-8-15)10-18(21)20-14-6-9-17-16(11-14)19-12(2)23-17/h4-9,11H,3,10H2,1-2H3,(H,20,21). The molecular formula is C18H18N2O3. The number of nitrogens with zero attached hydrogens (tertiary/aromatic N) is 1. The topological polar surface area (TPSA) is 64.4 Å². The summed E-state index contributed by atoms with van der Waals surface area (Å²) in [4.78, 5) is 16.4. The summed E-state index contributed by atoms with van der Waals surface area (Å²) in [5.74, 6) is 1.34. The first-order valence-corrected chi connectivity index (χ1v) is 7.53. The third-order valence-corrected chi connectivity index (χ3v) is 3.38. The van der Waals surface area contributed by atoms with Gasteiger partial charge in [-0.15, -0.1) is 0 Å². The average Bonchev–Trinajstić information content (AvgIpc) is 2.89. The van der Waals surface area contributed by atoms with E-state index in [1.54, 1.807) is 6.92 Å². The first-order valence-electron chi connectivity index (χ1n) is 7.53. The van der Waals surface area contributed by atoms with Crippen LogP contribution in [0.4, 0.5) is 5.69 Å². The number of aromatic nitrogens is 1. The minimum atomic E-state index is -0.0753. The Bertz CT molecular complexity index is 822. The van der Waals surface area contributed by atoms with Gasteiger partial charge in [-0.1, -0.05) is 12.1 Å². The number of ether oxygens (including phenoxy) is 1. The largest absolute Gasteiger partial charge is 0.494 e.